The maximum absolute atomic E-state index is 13.5. The summed E-state index contributed by atoms with van der Waals surface area (Å²) in [7, 11) is -4.08. The SMILES string of the molecule is Cc1cc(S(=O)(=O)Nc2ccccc2C(=O)OCc2nc(N)nc(N)n2)ccc1F. The van der Waals surface area contributed by atoms with Crippen molar-refractivity contribution in [3.8, 4) is 0 Å². The number of halogens is 1. The highest BCUT2D eigenvalue weighted by Gasteiger charge is 2.20. The van der Waals surface area contributed by atoms with Crippen LogP contribution >= 0.6 is 0 Å². The van der Waals surface area contributed by atoms with Gasteiger partial charge in [0.25, 0.3) is 10.0 Å². The fourth-order valence-electron chi connectivity index (χ4n) is 2.47. The van der Waals surface area contributed by atoms with Gasteiger partial charge in [0.05, 0.1) is 16.1 Å². The number of nitrogens with one attached hydrogen (secondary N) is 1. The number of aromatic nitrogens is 3. The largest absolute Gasteiger partial charge is 0.454 e. The monoisotopic (exact) mass is 432 g/mol. The Kier molecular flexibility index (Phi) is 5.78. The lowest BCUT2D eigenvalue weighted by molar-refractivity contribution is 0.0463. The van der Waals surface area contributed by atoms with E-state index in [0.29, 0.717) is 0 Å². The Labute approximate surface area is 171 Å². The van der Waals surface area contributed by atoms with E-state index in [0.717, 1.165) is 12.1 Å². The molecule has 0 amide bonds. The van der Waals surface area contributed by atoms with Crippen molar-refractivity contribution in [2.24, 2.45) is 0 Å². The molecule has 3 aromatic rings. The number of esters is 1. The average molecular weight is 432 g/mol. The maximum atomic E-state index is 13.5. The zero-order valence-corrected chi connectivity index (χ0v) is 16.5. The molecule has 0 aliphatic heterocycles. The molecule has 0 aliphatic carbocycles. The molecule has 0 fully saturated rings. The van der Waals surface area contributed by atoms with E-state index in [4.69, 9.17) is 16.2 Å². The van der Waals surface area contributed by atoms with E-state index in [1.54, 1.807) is 0 Å². The quantitative estimate of drug-likeness (QED) is 0.491. The van der Waals surface area contributed by atoms with Crippen LogP contribution in [0.5, 0.6) is 0 Å². The molecule has 0 radical (unpaired) electrons. The number of sulfonamides is 1. The topological polar surface area (TPSA) is 163 Å². The summed E-state index contributed by atoms with van der Waals surface area (Å²) in [5.41, 5.74) is 11.0. The molecule has 0 bridgehead atoms. The molecule has 0 saturated carbocycles. The third-order valence-corrected chi connectivity index (χ3v) is 5.24. The van der Waals surface area contributed by atoms with Gasteiger partial charge in [-0.15, -0.1) is 0 Å². The molecule has 1 aromatic heterocycles. The molecule has 0 spiro atoms. The summed E-state index contributed by atoms with van der Waals surface area (Å²) in [4.78, 5) is 23.5. The third-order valence-electron chi connectivity index (χ3n) is 3.88. The Hall–Kier alpha value is -3.80. The predicted molar refractivity (Wildman–Crippen MR) is 106 cm³/mol. The molecule has 0 atom stereocenters. The van der Waals surface area contributed by atoms with Gasteiger partial charge in [-0.3, -0.25) is 4.72 Å². The number of anilines is 3. The summed E-state index contributed by atoms with van der Waals surface area (Å²) in [6.45, 7) is 1.09. The van der Waals surface area contributed by atoms with E-state index in [2.05, 4.69) is 19.7 Å². The van der Waals surface area contributed by atoms with Crippen molar-refractivity contribution in [1.82, 2.24) is 15.0 Å². The number of para-hydroxylation sites is 1. The Bertz CT molecular complexity index is 1200. The Morgan fingerprint density at radius 2 is 1.77 bits per heavy atom. The zero-order chi connectivity index (χ0) is 21.9. The van der Waals surface area contributed by atoms with Crippen molar-refractivity contribution in [3.63, 3.8) is 0 Å². The number of hydrogen-bond donors (Lipinski definition) is 3. The van der Waals surface area contributed by atoms with Gasteiger partial charge in [-0.2, -0.15) is 15.0 Å². The standard InChI is InChI=1S/C18H17FN6O4S/c1-10-8-11(6-7-13(10)19)30(27,28)25-14-5-3-2-4-12(14)16(26)29-9-15-22-17(20)24-18(21)23-15/h2-8,25H,9H2,1H3,(H4,20,21,22,23,24). The molecule has 2 aromatic carbocycles. The van der Waals surface area contributed by atoms with Crippen molar-refractivity contribution >= 4 is 33.6 Å². The molecular formula is C18H17FN6O4S. The fraction of sp³-hybridized carbons (Fsp3) is 0.111. The molecule has 0 saturated heterocycles. The van der Waals surface area contributed by atoms with Crippen LogP contribution in [0.25, 0.3) is 0 Å². The van der Waals surface area contributed by atoms with Crippen LogP contribution in [-0.2, 0) is 21.4 Å². The van der Waals surface area contributed by atoms with Gasteiger partial charge < -0.3 is 16.2 Å². The minimum absolute atomic E-state index is 0.0147. The minimum Gasteiger partial charge on any atom is -0.454 e. The number of aryl methyl sites for hydroxylation is 1. The lowest BCUT2D eigenvalue weighted by Crippen LogP contribution is -2.17. The van der Waals surface area contributed by atoms with Gasteiger partial charge in [-0.25, -0.2) is 17.6 Å². The molecule has 12 heteroatoms. The van der Waals surface area contributed by atoms with E-state index < -0.39 is 21.8 Å². The van der Waals surface area contributed by atoms with Gasteiger partial charge in [0.1, 0.15) is 5.82 Å². The van der Waals surface area contributed by atoms with Gasteiger partial charge in [0.15, 0.2) is 12.4 Å². The summed E-state index contributed by atoms with van der Waals surface area (Å²) in [6, 6.07) is 9.22. The number of rotatable bonds is 6. The molecule has 1 heterocycles. The number of benzene rings is 2. The van der Waals surface area contributed by atoms with Crippen molar-refractivity contribution < 1.29 is 22.3 Å². The molecule has 30 heavy (non-hydrogen) atoms. The minimum atomic E-state index is -4.08. The maximum Gasteiger partial charge on any atom is 0.340 e. The summed E-state index contributed by atoms with van der Waals surface area (Å²) in [5.74, 6) is -1.58. The molecule has 0 unspecified atom stereocenters. The van der Waals surface area contributed by atoms with Crippen LogP contribution < -0.4 is 16.2 Å². The van der Waals surface area contributed by atoms with Gasteiger partial charge >= 0.3 is 5.97 Å². The number of nitrogens with two attached hydrogens (primary N) is 2. The normalized spacial score (nSPS) is 11.1. The first-order chi connectivity index (χ1) is 14.2. The molecule has 5 N–H and O–H groups in total. The number of carbonyl (C=O) groups excluding carboxylic acids is 1. The first kappa shape index (κ1) is 20.9. The fourth-order valence-corrected chi connectivity index (χ4v) is 3.63. The van der Waals surface area contributed by atoms with Crippen LogP contribution in [-0.4, -0.2) is 29.3 Å². The number of ether oxygens (including phenoxy) is 1. The van der Waals surface area contributed by atoms with E-state index >= 15 is 0 Å². The predicted octanol–water partition coefficient (Wildman–Crippen LogP) is 1.64. The van der Waals surface area contributed by atoms with E-state index in [1.165, 1.54) is 37.3 Å². The summed E-state index contributed by atoms with van der Waals surface area (Å²) in [5, 5.41) is 0. The van der Waals surface area contributed by atoms with Gasteiger partial charge in [-0.05, 0) is 42.8 Å². The van der Waals surface area contributed by atoms with Crippen molar-refractivity contribution in [3.05, 3.63) is 65.2 Å². The molecule has 3 rings (SSSR count). The average Bonchev–Trinajstić information content (AvgIpc) is 2.67. The Morgan fingerprint density at radius 3 is 2.43 bits per heavy atom. The highest BCUT2D eigenvalue weighted by atomic mass is 32.2. The summed E-state index contributed by atoms with van der Waals surface area (Å²) in [6.07, 6.45) is 0. The van der Waals surface area contributed by atoms with Crippen molar-refractivity contribution in [2.75, 3.05) is 16.2 Å². The molecule has 0 aliphatic rings. The van der Waals surface area contributed by atoms with Gasteiger partial charge in [0, 0.05) is 0 Å². The first-order valence-corrected chi connectivity index (χ1v) is 9.95. The van der Waals surface area contributed by atoms with Crippen molar-refractivity contribution in [2.45, 2.75) is 18.4 Å². The van der Waals surface area contributed by atoms with E-state index in [-0.39, 0.29) is 46.0 Å². The summed E-state index contributed by atoms with van der Waals surface area (Å²) >= 11 is 0. The van der Waals surface area contributed by atoms with Crippen LogP contribution in [0, 0.1) is 12.7 Å². The Morgan fingerprint density at radius 1 is 1.10 bits per heavy atom. The Balaban J connectivity index is 1.81. The highest BCUT2D eigenvalue weighted by molar-refractivity contribution is 7.92. The number of nitrogens with zero attached hydrogens (tertiary/aromatic N) is 3. The number of carbonyl (C=O) groups is 1. The van der Waals surface area contributed by atoms with Crippen LogP contribution in [0.2, 0.25) is 0 Å². The third kappa shape index (κ3) is 4.78. The number of hydrogen-bond acceptors (Lipinski definition) is 9. The molecular weight excluding hydrogens is 415 g/mol. The van der Waals surface area contributed by atoms with Crippen LogP contribution in [0.4, 0.5) is 22.0 Å². The highest BCUT2D eigenvalue weighted by Crippen LogP contribution is 2.22. The smallest absolute Gasteiger partial charge is 0.340 e. The second-order valence-corrected chi connectivity index (χ2v) is 7.79. The van der Waals surface area contributed by atoms with Gasteiger partial charge in [-0.1, -0.05) is 12.1 Å². The molecule has 10 nitrogen and oxygen atoms in total. The van der Waals surface area contributed by atoms with Gasteiger partial charge in [0.2, 0.25) is 11.9 Å². The van der Waals surface area contributed by atoms with Crippen LogP contribution in [0.15, 0.2) is 47.4 Å². The van der Waals surface area contributed by atoms with Crippen LogP contribution in [0.3, 0.4) is 0 Å². The van der Waals surface area contributed by atoms with Crippen molar-refractivity contribution in [1.29, 1.82) is 0 Å². The second-order valence-electron chi connectivity index (χ2n) is 6.11. The van der Waals surface area contributed by atoms with E-state index in [9.17, 15) is 17.6 Å². The number of nitrogen functional groups attached to an aromatic ring is 2. The summed E-state index contributed by atoms with van der Waals surface area (Å²) < 4.78 is 46.2. The van der Waals surface area contributed by atoms with Crippen LogP contribution in [0.1, 0.15) is 21.7 Å². The molecule has 156 valence electrons. The second kappa shape index (κ2) is 8.29. The lowest BCUT2D eigenvalue weighted by Gasteiger charge is -2.13. The first-order valence-electron chi connectivity index (χ1n) is 8.47. The lowest BCUT2D eigenvalue weighted by atomic mass is 10.2. The zero-order valence-electron chi connectivity index (χ0n) is 15.7. The van der Waals surface area contributed by atoms with E-state index in [1.807, 2.05) is 0 Å².